The van der Waals surface area contributed by atoms with Gasteiger partial charge in [-0.05, 0) is 56.3 Å². The van der Waals surface area contributed by atoms with Gasteiger partial charge in [-0.1, -0.05) is 11.6 Å². The molecule has 1 heterocycles. The third kappa shape index (κ3) is 6.31. The minimum Gasteiger partial charge on any atom is -0.493 e. The Kier molecular flexibility index (Phi) is 8.48. The number of rotatable bonds is 8. The lowest BCUT2D eigenvalue weighted by Gasteiger charge is -2.32. The molecule has 26 heavy (non-hydrogen) atoms. The topological polar surface area (TPSA) is 67.6 Å². The molecule has 3 N–H and O–H groups in total. The van der Waals surface area contributed by atoms with E-state index in [9.17, 15) is 4.79 Å². The maximum atomic E-state index is 12.2. The summed E-state index contributed by atoms with van der Waals surface area (Å²) in [5, 5.41) is 3.64. The molecule has 1 aliphatic carbocycles. The molecule has 2 aliphatic rings. The average molecular weight is 402 g/mol. The van der Waals surface area contributed by atoms with Gasteiger partial charge in [-0.15, -0.1) is 12.4 Å². The predicted octanol–water partition coefficient (Wildman–Crippen LogP) is 2.84. The van der Waals surface area contributed by atoms with Gasteiger partial charge < -0.3 is 15.8 Å². The highest BCUT2D eigenvalue weighted by Crippen LogP contribution is 2.32. The Bertz CT molecular complexity index is 596. The maximum absolute atomic E-state index is 12.2. The van der Waals surface area contributed by atoms with Crippen molar-refractivity contribution in [3.05, 3.63) is 28.8 Å². The van der Waals surface area contributed by atoms with Gasteiger partial charge in [0, 0.05) is 36.8 Å². The fraction of sp³-hybridized carbons (Fsp3) is 0.632. The summed E-state index contributed by atoms with van der Waals surface area (Å²) in [6.07, 6.45) is 4.51. The standard InChI is InChI=1S/C19H28ClN3O2.ClH/c20-17-5-6-18(25-13-14-3-4-14)16(10-17)12-23-9-1-2-15(11-23)19(24)22-8-7-21;/h5-6,10,14-15H,1-4,7-9,11-13,21H2,(H,22,24);1H. The Morgan fingerprint density at radius 3 is 2.88 bits per heavy atom. The second-order valence-electron chi connectivity index (χ2n) is 7.16. The maximum Gasteiger partial charge on any atom is 0.224 e. The summed E-state index contributed by atoms with van der Waals surface area (Å²) in [6, 6.07) is 5.84. The van der Waals surface area contributed by atoms with Crippen molar-refractivity contribution < 1.29 is 9.53 Å². The Labute approximate surface area is 167 Å². The van der Waals surface area contributed by atoms with Crippen LogP contribution in [0, 0.1) is 11.8 Å². The van der Waals surface area contributed by atoms with Gasteiger partial charge in [0.1, 0.15) is 5.75 Å². The molecule has 0 radical (unpaired) electrons. The van der Waals surface area contributed by atoms with Crippen LogP contribution in [0.1, 0.15) is 31.2 Å². The van der Waals surface area contributed by atoms with Crippen molar-refractivity contribution in [2.45, 2.75) is 32.2 Å². The van der Waals surface area contributed by atoms with Crippen LogP contribution in [0.4, 0.5) is 0 Å². The first-order valence-corrected chi connectivity index (χ1v) is 9.65. The van der Waals surface area contributed by atoms with E-state index in [1.807, 2.05) is 18.2 Å². The summed E-state index contributed by atoms with van der Waals surface area (Å²) >= 11 is 6.20. The molecule has 1 saturated carbocycles. The van der Waals surface area contributed by atoms with E-state index in [-0.39, 0.29) is 24.2 Å². The van der Waals surface area contributed by atoms with Gasteiger partial charge in [-0.2, -0.15) is 0 Å². The number of amides is 1. The number of nitrogens with one attached hydrogen (secondary N) is 1. The SMILES string of the molecule is Cl.NCCNC(=O)C1CCCN(Cc2cc(Cl)ccc2OCC2CC2)C1. The molecule has 1 saturated heterocycles. The largest absolute Gasteiger partial charge is 0.493 e. The Hall–Kier alpha value is -1.01. The number of nitrogens with two attached hydrogens (primary N) is 1. The van der Waals surface area contributed by atoms with Crippen molar-refractivity contribution in [2.24, 2.45) is 17.6 Å². The van der Waals surface area contributed by atoms with E-state index in [1.54, 1.807) is 0 Å². The first-order valence-electron chi connectivity index (χ1n) is 9.27. The van der Waals surface area contributed by atoms with E-state index in [0.717, 1.165) is 55.4 Å². The second kappa shape index (κ2) is 10.4. The first-order chi connectivity index (χ1) is 12.2. The van der Waals surface area contributed by atoms with E-state index in [0.29, 0.717) is 19.0 Å². The number of hydrogen-bond acceptors (Lipinski definition) is 4. The fourth-order valence-electron chi connectivity index (χ4n) is 3.30. The van der Waals surface area contributed by atoms with E-state index in [4.69, 9.17) is 22.1 Å². The predicted molar refractivity (Wildman–Crippen MR) is 107 cm³/mol. The van der Waals surface area contributed by atoms with E-state index in [2.05, 4.69) is 10.2 Å². The van der Waals surface area contributed by atoms with Crippen LogP contribution >= 0.6 is 24.0 Å². The smallest absolute Gasteiger partial charge is 0.224 e. The molecule has 1 unspecified atom stereocenters. The van der Waals surface area contributed by atoms with Crippen molar-refractivity contribution in [1.82, 2.24) is 10.2 Å². The molecule has 2 fully saturated rings. The molecule has 1 amide bonds. The minimum absolute atomic E-state index is 0. The van der Waals surface area contributed by atoms with Gasteiger partial charge in [-0.3, -0.25) is 9.69 Å². The number of carbonyl (C=O) groups is 1. The Morgan fingerprint density at radius 1 is 1.35 bits per heavy atom. The van der Waals surface area contributed by atoms with Crippen LogP contribution in [0.25, 0.3) is 0 Å². The van der Waals surface area contributed by atoms with Crippen molar-refractivity contribution in [2.75, 3.05) is 32.8 Å². The van der Waals surface area contributed by atoms with Crippen LogP contribution in [0.2, 0.25) is 5.02 Å². The zero-order chi connectivity index (χ0) is 17.6. The molecule has 0 bridgehead atoms. The zero-order valence-electron chi connectivity index (χ0n) is 15.1. The highest BCUT2D eigenvalue weighted by Gasteiger charge is 2.26. The first kappa shape index (κ1) is 21.3. The molecule has 7 heteroatoms. The molecule has 0 spiro atoms. The fourth-order valence-corrected chi connectivity index (χ4v) is 3.49. The van der Waals surface area contributed by atoms with Gasteiger partial charge in [0.05, 0.1) is 12.5 Å². The molecule has 1 aliphatic heterocycles. The minimum atomic E-state index is 0. The van der Waals surface area contributed by atoms with Crippen molar-refractivity contribution in [1.29, 1.82) is 0 Å². The van der Waals surface area contributed by atoms with Gasteiger partial charge in [0.15, 0.2) is 0 Å². The molecule has 0 aromatic heterocycles. The number of carbonyl (C=O) groups excluding carboxylic acids is 1. The monoisotopic (exact) mass is 401 g/mol. The molecular formula is C19H29Cl2N3O2. The summed E-state index contributed by atoms with van der Waals surface area (Å²) in [5.74, 6) is 1.79. The van der Waals surface area contributed by atoms with E-state index in [1.165, 1.54) is 12.8 Å². The summed E-state index contributed by atoms with van der Waals surface area (Å²) in [7, 11) is 0. The highest BCUT2D eigenvalue weighted by atomic mass is 35.5. The lowest BCUT2D eigenvalue weighted by Crippen LogP contribution is -2.43. The van der Waals surface area contributed by atoms with Crippen LogP contribution in [0.5, 0.6) is 5.75 Å². The van der Waals surface area contributed by atoms with E-state index >= 15 is 0 Å². The van der Waals surface area contributed by atoms with Gasteiger partial charge >= 0.3 is 0 Å². The van der Waals surface area contributed by atoms with Crippen LogP contribution in [-0.2, 0) is 11.3 Å². The summed E-state index contributed by atoms with van der Waals surface area (Å²) in [5.41, 5.74) is 6.58. The summed E-state index contributed by atoms with van der Waals surface area (Å²) in [6.45, 7) is 4.34. The van der Waals surface area contributed by atoms with Gasteiger partial charge in [0.2, 0.25) is 5.91 Å². The van der Waals surface area contributed by atoms with Crippen LogP contribution in [-0.4, -0.2) is 43.6 Å². The summed E-state index contributed by atoms with van der Waals surface area (Å²) < 4.78 is 6.01. The quantitative estimate of drug-likeness (QED) is 0.702. The van der Waals surface area contributed by atoms with Crippen molar-refractivity contribution >= 4 is 29.9 Å². The van der Waals surface area contributed by atoms with Crippen molar-refractivity contribution in [3.8, 4) is 5.75 Å². The van der Waals surface area contributed by atoms with Gasteiger partial charge in [-0.25, -0.2) is 0 Å². The number of benzene rings is 1. The second-order valence-corrected chi connectivity index (χ2v) is 7.60. The normalized spacial score (nSPS) is 20.3. The van der Waals surface area contributed by atoms with Crippen molar-refractivity contribution in [3.63, 3.8) is 0 Å². The number of likely N-dealkylation sites (tertiary alicyclic amines) is 1. The van der Waals surface area contributed by atoms with Gasteiger partial charge in [0.25, 0.3) is 0 Å². The molecule has 1 atom stereocenters. The highest BCUT2D eigenvalue weighted by molar-refractivity contribution is 6.30. The number of nitrogens with zero attached hydrogens (tertiary/aromatic N) is 1. The number of hydrogen-bond donors (Lipinski definition) is 2. The summed E-state index contributed by atoms with van der Waals surface area (Å²) in [4.78, 5) is 14.5. The lowest BCUT2D eigenvalue weighted by molar-refractivity contribution is -0.126. The van der Waals surface area contributed by atoms with Crippen LogP contribution in [0.15, 0.2) is 18.2 Å². The third-order valence-electron chi connectivity index (χ3n) is 4.91. The number of halogens is 2. The molecule has 146 valence electrons. The number of ether oxygens (including phenoxy) is 1. The van der Waals surface area contributed by atoms with Crippen LogP contribution in [0.3, 0.4) is 0 Å². The average Bonchev–Trinajstić information content (AvgIpc) is 3.43. The molecule has 3 rings (SSSR count). The van der Waals surface area contributed by atoms with E-state index < -0.39 is 0 Å². The molecular weight excluding hydrogens is 373 g/mol. The molecule has 5 nitrogen and oxygen atoms in total. The number of piperidine rings is 1. The Balaban J connectivity index is 0.00000243. The Morgan fingerprint density at radius 2 is 2.15 bits per heavy atom. The molecule has 1 aromatic carbocycles. The lowest BCUT2D eigenvalue weighted by atomic mass is 9.96. The third-order valence-corrected chi connectivity index (χ3v) is 5.14. The van der Waals surface area contributed by atoms with Crippen LogP contribution < -0.4 is 15.8 Å². The zero-order valence-corrected chi connectivity index (χ0v) is 16.7. The molecule has 1 aromatic rings.